The molecule has 0 saturated heterocycles. The number of rotatable bonds is 4. The zero-order valence-corrected chi connectivity index (χ0v) is 13.7. The minimum absolute atomic E-state index is 0.0909. The Balaban J connectivity index is 2.29. The Kier molecular flexibility index (Phi) is 5.24. The number of anilines is 1. The third-order valence-electron chi connectivity index (χ3n) is 2.84. The summed E-state index contributed by atoms with van der Waals surface area (Å²) in [5.74, 6) is -0.358. The van der Waals surface area contributed by atoms with Gasteiger partial charge < -0.3 is 5.32 Å². The smallest absolute Gasteiger partial charge is 0.141 e. The Morgan fingerprint density at radius 1 is 1.30 bits per heavy atom. The van der Waals surface area contributed by atoms with Crippen LogP contribution in [-0.2, 0) is 0 Å². The quantitative estimate of drug-likeness (QED) is 0.722. The molecule has 0 bridgehead atoms. The van der Waals surface area contributed by atoms with Crippen molar-refractivity contribution in [2.45, 2.75) is 19.4 Å². The van der Waals surface area contributed by atoms with Crippen LogP contribution in [0.25, 0.3) is 0 Å². The highest BCUT2D eigenvalue weighted by Gasteiger charge is 2.15. The van der Waals surface area contributed by atoms with Crippen LogP contribution in [0.2, 0.25) is 10.0 Å². The fourth-order valence-corrected chi connectivity index (χ4v) is 3.15. The second-order valence-corrected chi connectivity index (χ2v) is 5.98. The van der Waals surface area contributed by atoms with E-state index in [4.69, 9.17) is 23.2 Å². The maximum Gasteiger partial charge on any atom is 0.141 e. The first-order chi connectivity index (χ1) is 9.51. The van der Waals surface area contributed by atoms with E-state index in [1.165, 1.54) is 12.3 Å². The summed E-state index contributed by atoms with van der Waals surface area (Å²) in [6, 6.07) is 6.47. The zero-order chi connectivity index (χ0) is 14.7. The van der Waals surface area contributed by atoms with Gasteiger partial charge in [0.1, 0.15) is 5.82 Å². The van der Waals surface area contributed by atoms with Gasteiger partial charge in [-0.2, -0.15) is 0 Å². The molecule has 0 aliphatic rings. The molecule has 106 valence electrons. The highest BCUT2D eigenvalue weighted by molar-refractivity contribution is 9.10. The summed E-state index contributed by atoms with van der Waals surface area (Å²) in [5.41, 5.74) is 1.39. The van der Waals surface area contributed by atoms with E-state index < -0.39 is 0 Å². The molecule has 2 nitrogen and oxygen atoms in total. The first-order valence-electron chi connectivity index (χ1n) is 6.03. The molecule has 0 amide bonds. The number of nitrogens with zero attached hydrogens (tertiary/aromatic N) is 1. The first-order valence-corrected chi connectivity index (χ1v) is 7.58. The lowest BCUT2D eigenvalue weighted by Crippen LogP contribution is -2.12. The highest BCUT2D eigenvalue weighted by Crippen LogP contribution is 2.36. The molecule has 0 aliphatic heterocycles. The lowest BCUT2D eigenvalue weighted by molar-refractivity contribution is 0.614. The Labute approximate surface area is 135 Å². The number of hydrogen-bond acceptors (Lipinski definition) is 2. The lowest BCUT2D eigenvalue weighted by atomic mass is 10.1. The highest BCUT2D eigenvalue weighted by atomic mass is 79.9. The van der Waals surface area contributed by atoms with Gasteiger partial charge in [0.2, 0.25) is 0 Å². The van der Waals surface area contributed by atoms with Gasteiger partial charge in [0, 0.05) is 4.47 Å². The molecule has 0 fully saturated rings. The summed E-state index contributed by atoms with van der Waals surface area (Å²) in [6.45, 7) is 2.00. The van der Waals surface area contributed by atoms with Crippen molar-refractivity contribution in [1.29, 1.82) is 0 Å². The lowest BCUT2D eigenvalue weighted by Gasteiger charge is -2.20. The molecule has 2 rings (SSSR count). The van der Waals surface area contributed by atoms with E-state index in [0.717, 1.165) is 16.6 Å². The summed E-state index contributed by atoms with van der Waals surface area (Å²) < 4.78 is 13.7. The van der Waals surface area contributed by atoms with Gasteiger partial charge in [-0.25, -0.2) is 4.39 Å². The number of nitrogens with one attached hydrogen (secondary N) is 1. The predicted molar refractivity (Wildman–Crippen MR) is 85.0 cm³/mol. The first kappa shape index (κ1) is 15.5. The maximum absolute atomic E-state index is 12.9. The van der Waals surface area contributed by atoms with Crippen LogP contribution >= 0.6 is 39.1 Å². The van der Waals surface area contributed by atoms with E-state index in [1.807, 2.05) is 6.92 Å². The van der Waals surface area contributed by atoms with Crippen LogP contribution in [0.4, 0.5) is 10.1 Å². The van der Waals surface area contributed by atoms with Crippen molar-refractivity contribution < 1.29 is 4.39 Å². The molecule has 1 heterocycles. The molecule has 1 aromatic carbocycles. The zero-order valence-electron chi connectivity index (χ0n) is 10.6. The summed E-state index contributed by atoms with van der Waals surface area (Å²) in [4.78, 5) is 4.09. The SMILES string of the molecule is CCC(Nc1c(Cl)cc(Br)cc1Cl)c1ccc(F)cn1. The van der Waals surface area contributed by atoms with Gasteiger partial charge in [-0.1, -0.05) is 46.1 Å². The van der Waals surface area contributed by atoms with Crippen molar-refractivity contribution in [3.05, 3.63) is 56.5 Å². The van der Waals surface area contributed by atoms with Crippen LogP contribution in [0.5, 0.6) is 0 Å². The fraction of sp³-hybridized carbons (Fsp3) is 0.214. The summed E-state index contributed by atoms with van der Waals surface area (Å²) in [5, 5.41) is 4.30. The second kappa shape index (κ2) is 6.74. The molecule has 6 heteroatoms. The van der Waals surface area contributed by atoms with Crippen molar-refractivity contribution in [3.63, 3.8) is 0 Å². The Bertz CT molecular complexity index is 582. The van der Waals surface area contributed by atoms with Gasteiger partial charge in [-0.15, -0.1) is 0 Å². The number of benzene rings is 1. The average Bonchev–Trinajstić information content (AvgIpc) is 2.39. The molecule has 1 N–H and O–H groups in total. The summed E-state index contributed by atoms with van der Waals surface area (Å²) >= 11 is 15.7. The molecule has 2 aromatic rings. The molecular weight excluding hydrogens is 366 g/mol. The van der Waals surface area contributed by atoms with Crippen molar-refractivity contribution in [2.24, 2.45) is 0 Å². The molecule has 1 aromatic heterocycles. The number of halogens is 4. The normalized spacial score (nSPS) is 12.2. The van der Waals surface area contributed by atoms with Crippen molar-refractivity contribution in [1.82, 2.24) is 4.98 Å². The minimum Gasteiger partial charge on any atom is -0.374 e. The standard InChI is InChI=1S/C14H12BrCl2FN2/c1-2-12(13-4-3-9(18)7-19-13)20-14-10(16)5-8(15)6-11(14)17/h3-7,12,20H,2H2,1H3. The van der Waals surface area contributed by atoms with Crippen LogP contribution in [-0.4, -0.2) is 4.98 Å². The summed E-state index contributed by atoms with van der Waals surface area (Å²) in [7, 11) is 0. The van der Waals surface area contributed by atoms with Crippen molar-refractivity contribution >= 4 is 44.8 Å². The topological polar surface area (TPSA) is 24.9 Å². The van der Waals surface area contributed by atoms with E-state index in [1.54, 1.807) is 18.2 Å². The van der Waals surface area contributed by atoms with E-state index >= 15 is 0 Å². The minimum atomic E-state index is -0.358. The predicted octanol–water partition coefficient (Wildman–Crippen LogP) is 5.85. The monoisotopic (exact) mass is 376 g/mol. The average molecular weight is 378 g/mol. The third-order valence-corrected chi connectivity index (χ3v) is 3.90. The second-order valence-electron chi connectivity index (χ2n) is 4.25. The van der Waals surface area contributed by atoms with Crippen LogP contribution in [0.3, 0.4) is 0 Å². The van der Waals surface area contributed by atoms with Crippen LogP contribution in [0, 0.1) is 5.82 Å². The largest absolute Gasteiger partial charge is 0.374 e. The van der Waals surface area contributed by atoms with E-state index in [9.17, 15) is 4.39 Å². The molecule has 1 unspecified atom stereocenters. The Hall–Kier alpha value is -0.840. The van der Waals surface area contributed by atoms with Gasteiger partial charge in [0.25, 0.3) is 0 Å². The van der Waals surface area contributed by atoms with E-state index in [0.29, 0.717) is 15.7 Å². The number of pyridine rings is 1. The Morgan fingerprint density at radius 2 is 1.95 bits per heavy atom. The van der Waals surface area contributed by atoms with E-state index in [-0.39, 0.29) is 11.9 Å². The molecule has 1 atom stereocenters. The molecule has 20 heavy (non-hydrogen) atoms. The van der Waals surface area contributed by atoms with Crippen molar-refractivity contribution in [2.75, 3.05) is 5.32 Å². The number of aromatic nitrogens is 1. The Morgan fingerprint density at radius 3 is 2.45 bits per heavy atom. The van der Waals surface area contributed by atoms with Gasteiger partial charge in [-0.3, -0.25) is 4.98 Å². The van der Waals surface area contributed by atoms with Crippen molar-refractivity contribution in [3.8, 4) is 0 Å². The van der Waals surface area contributed by atoms with Crippen LogP contribution in [0.15, 0.2) is 34.9 Å². The molecule has 0 aliphatic carbocycles. The number of hydrogen-bond donors (Lipinski definition) is 1. The molecule has 0 spiro atoms. The molecule has 0 saturated carbocycles. The third kappa shape index (κ3) is 3.62. The van der Waals surface area contributed by atoms with E-state index in [2.05, 4.69) is 26.2 Å². The van der Waals surface area contributed by atoms with Gasteiger partial charge in [-0.05, 0) is 30.7 Å². The summed E-state index contributed by atoms with van der Waals surface area (Å²) in [6.07, 6.45) is 1.96. The molecular formula is C14H12BrCl2FN2. The van der Waals surface area contributed by atoms with Gasteiger partial charge in [0.15, 0.2) is 0 Å². The molecule has 0 radical (unpaired) electrons. The van der Waals surface area contributed by atoms with Crippen LogP contribution < -0.4 is 5.32 Å². The van der Waals surface area contributed by atoms with Gasteiger partial charge in [0.05, 0.1) is 33.7 Å². The van der Waals surface area contributed by atoms with Crippen LogP contribution in [0.1, 0.15) is 25.1 Å². The maximum atomic E-state index is 12.9. The fourth-order valence-electron chi connectivity index (χ4n) is 1.83. The van der Waals surface area contributed by atoms with Gasteiger partial charge >= 0.3 is 0 Å².